The lowest BCUT2D eigenvalue weighted by molar-refractivity contribution is 0.304. The smallest absolute Gasteiger partial charge is 0.167 e. The molecule has 1 aliphatic heterocycles. The summed E-state index contributed by atoms with van der Waals surface area (Å²) >= 11 is 0. The van der Waals surface area contributed by atoms with Crippen molar-refractivity contribution in [2.24, 2.45) is 5.92 Å². The second-order valence-corrected chi connectivity index (χ2v) is 7.89. The molecule has 144 valence electrons. The standard InChI is InChI=1S/C23H25F3O/c1-2-3-14-4-6-15(7-5-14)17-9-8-16(12-20(17)24)18-10-11-19(21-13-27-21)23(26)22(18)25/h8-12,14-15,21H,2-7,13H2,1H3. The van der Waals surface area contributed by atoms with Crippen molar-refractivity contribution in [1.29, 1.82) is 0 Å². The first-order valence-electron chi connectivity index (χ1n) is 9.97. The van der Waals surface area contributed by atoms with E-state index in [1.165, 1.54) is 31.0 Å². The highest BCUT2D eigenvalue weighted by molar-refractivity contribution is 5.65. The van der Waals surface area contributed by atoms with Gasteiger partial charge in [-0.05, 0) is 54.7 Å². The first-order valence-corrected chi connectivity index (χ1v) is 9.97. The van der Waals surface area contributed by atoms with Gasteiger partial charge in [0.2, 0.25) is 0 Å². The third-order valence-corrected chi connectivity index (χ3v) is 6.09. The minimum atomic E-state index is -0.935. The van der Waals surface area contributed by atoms with Crippen LogP contribution in [0.25, 0.3) is 11.1 Å². The van der Waals surface area contributed by atoms with Gasteiger partial charge in [0.05, 0.1) is 6.61 Å². The summed E-state index contributed by atoms with van der Waals surface area (Å²) in [6, 6.07) is 7.86. The molecular formula is C23H25F3O. The Hall–Kier alpha value is -1.81. The molecule has 2 aromatic rings. The van der Waals surface area contributed by atoms with Crippen LogP contribution in [-0.2, 0) is 4.74 Å². The van der Waals surface area contributed by atoms with Crippen molar-refractivity contribution in [1.82, 2.24) is 0 Å². The maximum Gasteiger partial charge on any atom is 0.167 e. The van der Waals surface area contributed by atoms with Gasteiger partial charge >= 0.3 is 0 Å². The van der Waals surface area contributed by atoms with E-state index in [1.54, 1.807) is 12.1 Å². The van der Waals surface area contributed by atoms with E-state index in [2.05, 4.69) is 6.92 Å². The molecule has 4 heteroatoms. The highest BCUT2D eigenvalue weighted by Crippen LogP contribution is 2.40. The second kappa shape index (κ2) is 7.67. The Morgan fingerprint density at radius 3 is 2.26 bits per heavy atom. The summed E-state index contributed by atoms with van der Waals surface area (Å²) in [5.74, 6) is -1.16. The summed E-state index contributed by atoms with van der Waals surface area (Å²) in [7, 11) is 0. The molecule has 2 aromatic carbocycles. The van der Waals surface area contributed by atoms with Crippen LogP contribution in [0.2, 0.25) is 0 Å². The summed E-state index contributed by atoms with van der Waals surface area (Å²) < 4.78 is 48.6. The van der Waals surface area contributed by atoms with Crippen LogP contribution in [0.15, 0.2) is 30.3 Å². The molecular weight excluding hydrogens is 349 g/mol. The molecule has 0 amide bonds. The van der Waals surface area contributed by atoms with Crippen molar-refractivity contribution in [2.45, 2.75) is 57.5 Å². The minimum Gasteiger partial charge on any atom is -0.368 e. The molecule has 1 nitrogen and oxygen atoms in total. The molecule has 1 aliphatic carbocycles. The van der Waals surface area contributed by atoms with Gasteiger partial charge in [-0.15, -0.1) is 0 Å². The van der Waals surface area contributed by atoms with Crippen LogP contribution >= 0.6 is 0 Å². The van der Waals surface area contributed by atoms with E-state index in [0.29, 0.717) is 17.7 Å². The maximum absolute atomic E-state index is 14.8. The fourth-order valence-corrected chi connectivity index (χ4v) is 4.46. The Labute approximate surface area is 158 Å². The van der Waals surface area contributed by atoms with Crippen LogP contribution in [0, 0.1) is 23.4 Å². The first kappa shape index (κ1) is 18.5. The third kappa shape index (κ3) is 3.77. The Balaban J connectivity index is 1.55. The Morgan fingerprint density at radius 1 is 0.926 bits per heavy atom. The molecule has 1 saturated heterocycles. The molecule has 2 aliphatic rings. The van der Waals surface area contributed by atoms with Crippen LogP contribution < -0.4 is 0 Å². The van der Waals surface area contributed by atoms with Gasteiger partial charge in [0.1, 0.15) is 11.9 Å². The molecule has 0 bridgehead atoms. The summed E-state index contributed by atoms with van der Waals surface area (Å²) in [6.45, 7) is 2.62. The molecule has 1 unspecified atom stereocenters. The quantitative estimate of drug-likeness (QED) is 0.518. The number of hydrogen-bond acceptors (Lipinski definition) is 1. The zero-order chi connectivity index (χ0) is 19.0. The van der Waals surface area contributed by atoms with Crippen LogP contribution in [-0.4, -0.2) is 6.61 Å². The summed E-state index contributed by atoms with van der Waals surface area (Å²) in [6.07, 6.45) is 6.39. The number of halogens is 3. The number of ether oxygens (including phenoxy) is 1. The van der Waals surface area contributed by atoms with Gasteiger partial charge in [-0.3, -0.25) is 0 Å². The van der Waals surface area contributed by atoms with Gasteiger partial charge in [0, 0.05) is 11.1 Å². The van der Waals surface area contributed by atoms with Crippen LogP contribution in [0.1, 0.15) is 68.6 Å². The maximum atomic E-state index is 14.8. The third-order valence-electron chi connectivity index (χ3n) is 6.09. The van der Waals surface area contributed by atoms with E-state index >= 15 is 0 Å². The highest BCUT2D eigenvalue weighted by Gasteiger charge is 2.30. The summed E-state index contributed by atoms with van der Waals surface area (Å²) in [4.78, 5) is 0. The lowest BCUT2D eigenvalue weighted by Gasteiger charge is -2.29. The molecule has 27 heavy (non-hydrogen) atoms. The highest BCUT2D eigenvalue weighted by atomic mass is 19.2. The van der Waals surface area contributed by atoms with Crippen molar-refractivity contribution in [3.8, 4) is 11.1 Å². The average Bonchev–Trinajstić information content (AvgIpc) is 3.50. The normalized spacial score (nSPS) is 24.8. The Kier molecular flexibility index (Phi) is 5.27. The van der Waals surface area contributed by atoms with Crippen molar-refractivity contribution >= 4 is 0 Å². The topological polar surface area (TPSA) is 12.5 Å². The van der Waals surface area contributed by atoms with Gasteiger partial charge < -0.3 is 4.74 Å². The largest absolute Gasteiger partial charge is 0.368 e. The van der Waals surface area contributed by atoms with E-state index in [9.17, 15) is 13.2 Å². The van der Waals surface area contributed by atoms with Crippen molar-refractivity contribution < 1.29 is 17.9 Å². The molecule has 1 saturated carbocycles. The minimum absolute atomic E-state index is 0.0917. The van der Waals surface area contributed by atoms with Gasteiger partial charge in [-0.1, -0.05) is 44.0 Å². The molecule has 0 radical (unpaired) electrons. The first-order chi connectivity index (χ1) is 13.1. The lowest BCUT2D eigenvalue weighted by Crippen LogP contribution is -2.14. The summed E-state index contributed by atoms with van der Waals surface area (Å²) in [5.41, 5.74) is 1.40. The van der Waals surface area contributed by atoms with Crippen LogP contribution in [0.4, 0.5) is 13.2 Å². The fourth-order valence-electron chi connectivity index (χ4n) is 4.46. The molecule has 0 spiro atoms. The van der Waals surface area contributed by atoms with E-state index in [1.807, 2.05) is 0 Å². The SMILES string of the molecule is CCCC1CCC(c2ccc(-c3ccc(C4CO4)c(F)c3F)cc2F)CC1. The molecule has 0 N–H and O–H groups in total. The molecule has 4 rings (SSSR count). The van der Waals surface area contributed by atoms with E-state index in [0.717, 1.165) is 31.6 Å². The molecule has 0 aromatic heterocycles. The van der Waals surface area contributed by atoms with Crippen LogP contribution in [0.3, 0.4) is 0 Å². The van der Waals surface area contributed by atoms with E-state index in [-0.39, 0.29) is 29.0 Å². The predicted octanol–water partition coefficient (Wildman–Crippen LogP) is 6.92. The second-order valence-electron chi connectivity index (χ2n) is 7.89. The van der Waals surface area contributed by atoms with Crippen molar-refractivity contribution in [3.05, 3.63) is 58.9 Å². The van der Waals surface area contributed by atoms with Gasteiger partial charge in [-0.25, -0.2) is 13.2 Å². The number of epoxide rings is 1. The molecule has 1 atom stereocenters. The fraction of sp³-hybridized carbons (Fsp3) is 0.478. The average molecular weight is 374 g/mol. The number of benzene rings is 2. The van der Waals surface area contributed by atoms with Crippen molar-refractivity contribution in [3.63, 3.8) is 0 Å². The monoisotopic (exact) mass is 374 g/mol. The van der Waals surface area contributed by atoms with Crippen molar-refractivity contribution in [2.75, 3.05) is 6.61 Å². The van der Waals surface area contributed by atoms with Crippen LogP contribution in [0.5, 0.6) is 0 Å². The van der Waals surface area contributed by atoms with Gasteiger partial charge in [0.25, 0.3) is 0 Å². The Bertz CT molecular complexity index is 821. The predicted molar refractivity (Wildman–Crippen MR) is 100 cm³/mol. The van der Waals surface area contributed by atoms with E-state index < -0.39 is 11.6 Å². The van der Waals surface area contributed by atoms with E-state index in [4.69, 9.17) is 4.74 Å². The zero-order valence-electron chi connectivity index (χ0n) is 15.6. The zero-order valence-corrected chi connectivity index (χ0v) is 15.6. The number of hydrogen-bond donors (Lipinski definition) is 0. The van der Waals surface area contributed by atoms with Gasteiger partial charge in [0.15, 0.2) is 11.6 Å². The molecule has 2 fully saturated rings. The van der Waals surface area contributed by atoms with Gasteiger partial charge in [-0.2, -0.15) is 0 Å². The number of rotatable bonds is 5. The lowest BCUT2D eigenvalue weighted by atomic mass is 9.77. The Morgan fingerprint density at radius 2 is 1.63 bits per heavy atom. The summed E-state index contributed by atoms with van der Waals surface area (Å²) in [5, 5.41) is 0. The molecule has 1 heterocycles.